The van der Waals surface area contributed by atoms with Crippen LogP contribution >= 0.6 is 0 Å². The number of nitrogens with one attached hydrogen (secondary N) is 3. The zero-order valence-electron chi connectivity index (χ0n) is 24.4. The fourth-order valence-corrected chi connectivity index (χ4v) is 4.51. The Labute approximate surface area is 251 Å². The number of aliphatic carboxylic acids is 1. The molecule has 0 aliphatic rings. The Morgan fingerprint density at radius 1 is 0.651 bits per heavy atom. The normalized spacial score (nSPS) is 14.4. The van der Waals surface area contributed by atoms with Crippen molar-refractivity contribution in [1.29, 1.82) is 0 Å². The highest BCUT2D eigenvalue weighted by Gasteiger charge is 2.31. The Morgan fingerprint density at radius 2 is 1.05 bits per heavy atom. The number of carboxylic acids is 1. The van der Waals surface area contributed by atoms with Crippen LogP contribution in [-0.4, -0.2) is 58.1 Å². The van der Waals surface area contributed by atoms with E-state index in [0.29, 0.717) is 12.0 Å². The zero-order chi connectivity index (χ0) is 31.4. The van der Waals surface area contributed by atoms with E-state index >= 15 is 0 Å². The number of phenols is 1. The van der Waals surface area contributed by atoms with E-state index < -0.39 is 47.9 Å². The molecule has 7 N–H and O–H groups in total. The van der Waals surface area contributed by atoms with Crippen molar-refractivity contribution in [3.05, 3.63) is 102 Å². The van der Waals surface area contributed by atoms with Crippen molar-refractivity contribution >= 4 is 23.7 Å². The number of hydrogen-bond acceptors (Lipinski definition) is 6. The van der Waals surface area contributed by atoms with Gasteiger partial charge in [0.05, 0.1) is 6.04 Å². The molecule has 0 saturated heterocycles. The van der Waals surface area contributed by atoms with Crippen molar-refractivity contribution in [3.8, 4) is 5.75 Å². The number of benzene rings is 3. The first-order valence-corrected chi connectivity index (χ1v) is 14.3. The first-order chi connectivity index (χ1) is 20.6. The summed E-state index contributed by atoms with van der Waals surface area (Å²) in [5.74, 6) is -3.12. The number of phenolic OH excluding ortho intramolecular Hbond substituents is 1. The van der Waals surface area contributed by atoms with Gasteiger partial charge in [-0.2, -0.15) is 0 Å². The van der Waals surface area contributed by atoms with E-state index in [2.05, 4.69) is 16.0 Å². The smallest absolute Gasteiger partial charge is 0.326 e. The maximum absolute atomic E-state index is 13.7. The summed E-state index contributed by atoms with van der Waals surface area (Å²) in [6.45, 7) is 3.77. The third kappa shape index (κ3) is 10.3. The SMILES string of the molecule is CCC(C)C(N)C(=O)NC(Cc1ccccc1)C(=O)NC(Cc1ccc(O)cc1)C(=O)NC(Cc1ccccc1)C(=O)O. The lowest BCUT2D eigenvalue weighted by molar-refractivity contribution is -0.142. The molecule has 0 saturated carbocycles. The van der Waals surface area contributed by atoms with Crippen molar-refractivity contribution in [3.63, 3.8) is 0 Å². The summed E-state index contributed by atoms with van der Waals surface area (Å²) in [6, 6.07) is 19.8. The number of carbonyl (C=O) groups is 4. The molecule has 0 fully saturated rings. The number of rotatable bonds is 15. The minimum absolute atomic E-state index is 0.00785. The Hall–Kier alpha value is -4.70. The molecule has 0 aliphatic carbocycles. The summed E-state index contributed by atoms with van der Waals surface area (Å²) in [4.78, 5) is 52.3. The van der Waals surface area contributed by atoms with E-state index in [1.165, 1.54) is 12.1 Å². The van der Waals surface area contributed by atoms with Crippen LogP contribution in [0.1, 0.15) is 37.0 Å². The summed E-state index contributed by atoms with van der Waals surface area (Å²) in [5.41, 5.74) is 8.27. The summed E-state index contributed by atoms with van der Waals surface area (Å²) in [6.07, 6.45) is 0.869. The van der Waals surface area contributed by atoms with Gasteiger partial charge in [0.2, 0.25) is 17.7 Å². The quantitative estimate of drug-likeness (QED) is 0.158. The minimum Gasteiger partial charge on any atom is -0.508 e. The molecule has 228 valence electrons. The predicted octanol–water partition coefficient (Wildman–Crippen LogP) is 2.33. The van der Waals surface area contributed by atoms with Gasteiger partial charge in [-0.25, -0.2) is 4.79 Å². The summed E-state index contributed by atoms with van der Waals surface area (Å²) >= 11 is 0. The molecule has 0 radical (unpaired) electrons. The van der Waals surface area contributed by atoms with E-state index in [0.717, 1.165) is 11.1 Å². The molecular weight excluding hydrogens is 548 g/mol. The maximum atomic E-state index is 13.7. The van der Waals surface area contributed by atoms with Gasteiger partial charge in [-0.05, 0) is 34.7 Å². The van der Waals surface area contributed by atoms with Gasteiger partial charge in [0.15, 0.2) is 0 Å². The van der Waals surface area contributed by atoms with E-state index in [4.69, 9.17) is 5.73 Å². The van der Waals surface area contributed by atoms with Crippen LogP contribution in [0.25, 0.3) is 0 Å². The minimum atomic E-state index is -1.25. The number of amides is 3. The van der Waals surface area contributed by atoms with E-state index in [9.17, 15) is 29.4 Å². The number of carboxylic acid groups (broad SMARTS) is 1. The fourth-order valence-electron chi connectivity index (χ4n) is 4.51. The van der Waals surface area contributed by atoms with E-state index in [1.807, 2.05) is 50.2 Å². The molecule has 5 atom stereocenters. The molecule has 0 bridgehead atoms. The van der Waals surface area contributed by atoms with Crippen molar-refractivity contribution in [2.24, 2.45) is 11.7 Å². The van der Waals surface area contributed by atoms with Crippen LogP contribution in [0.15, 0.2) is 84.9 Å². The van der Waals surface area contributed by atoms with E-state index in [-0.39, 0.29) is 30.9 Å². The standard InChI is InChI=1S/C33H40N4O6/c1-3-21(2)29(34)32(41)36-27(18-22-10-6-4-7-11-22)30(39)35-26(19-24-14-16-25(38)17-15-24)31(40)37-28(33(42)43)20-23-12-8-5-9-13-23/h4-17,21,26-29,38H,3,18-20,34H2,1-2H3,(H,35,39)(H,36,41)(H,37,40)(H,42,43). The highest BCUT2D eigenvalue weighted by atomic mass is 16.4. The van der Waals surface area contributed by atoms with Gasteiger partial charge in [0.1, 0.15) is 23.9 Å². The third-order valence-corrected chi connectivity index (χ3v) is 7.38. The molecule has 3 aromatic rings. The maximum Gasteiger partial charge on any atom is 0.326 e. The van der Waals surface area contributed by atoms with Crippen molar-refractivity contribution in [2.75, 3.05) is 0 Å². The van der Waals surface area contributed by atoms with Crippen LogP contribution in [-0.2, 0) is 38.4 Å². The molecule has 3 amide bonds. The number of hydrogen-bond donors (Lipinski definition) is 6. The van der Waals surface area contributed by atoms with Crippen LogP contribution in [0.3, 0.4) is 0 Å². The second kappa shape index (κ2) is 16.1. The van der Waals surface area contributed by atoms with Gasteiger partial charge < -0.3 is 31.9 Å². The lowest BCUT2D eigenvalue weighted by Gasteiger charge is -2.26. The molecule has 0 spiro atoms. The first kappa shape index (κ1) is 32.8. The van der Waals surface area contributed by atoms with E-state index in [1.54, 1.807) is 36.4 Å². The Kier molecular flexibility index (Phi) is 12.3. The molecule has 3 aromatic carbocycles. The van der Waals surface area contributed by atoms with Gasteiger partial charge in [0.25, 0.3) is 0 Å². The first-order valence-electron chi connectivity index (χ1n) is 14.3. The van der Waals surface area contributed by atoms with Gasteiger partial charge in [-0.1, -0.05) is 93.1 Å². The third-order valence-electron chi connectivity index (χ3n) is 7.38. The van der Waals surface area contributed by atoms with Gasteiger partial charge >= 0.3 is 5.97 Å². The molecule has 5 unspecified atom stereocenters. The summed E-state index contributed by atoms with van der Waals surface area (Å²) in [7, 11) is 0. The number of nitrogens with two attached hydrogens (primary N) is 1. The molecule has 0 aromatic heterocycles. The molecular formula is C33H40N4O6. The Bertz CT molecular complexity index is 1350. The van der Waals surface area contributed by atoms with Crippen LogP contribution in [0.5, 0.6) is 5.75 Å². The van der Waals surface area contributed by atoms with Crippen LogP contribution in [0, 0.1) is 5.92 Å². The topological polar surface area (TPSA) is 171 Å². The molecule has 0 heterocycles. The second-order valence-corrected chi connectivity index (χ2v) is 10.7. The second-order valence-electron chi connectivity index (χ2n) is 10.7. The number of carbonyl (C=O) groups excluding carboxylic acids is 3. The summed E-state index contributed by atoms with van der Waals surface area (Å²) in [5, 5.41) is 27.6. The van der Waals surface area contributed by atoms with Crippen LogP contribution in [0.4, 0.5) is 0 Å². The van der Waals surface area contributed by atoms with Crippen molar-refractivity contribution in [2.45, 2.75) is 63.7 Å². The van der Waals surface area contributed by atoms with Gasteiger partial charge in [0, 0.05) is 19.3 Å². The number of aromatic hydroxyl groups is 1. The lowest BCUT2D eigenvalue weighted by atomic mass is 9.98. The molecule has 3 rings (SSSR count). The lowest BCUT2D eigenvalue weighted by Crippen LogP contribution is -2.58. The van der Waals surface area contributed by atoms with Gasteiger partial charge in [-0.15, -0.1) is 0 Å². The zero-order valence-corrected chi connectivity index (χ0v) is 24.4. The van der Waals surface area contributed by atoms with Gasteiger partial charge in [-0.3, -0.25) is 14.4 Å². The molecule has 43 heavy (non-hydrogen) atoms. The highest BCUT2D eigenvalue weighted by molar-refractivity contribution is 5.94. The van der Waals surface area contributed by atoms with Crippen LogP contribution in [0.2, 0.25) is 0 Å². The summed E-state index contributed by atoms with van der Waals surface area (Å²) < 4.78 is 0. The Balaban J connectivity index is 1.86. The molecule has 0 aliphatic heterocycles. The predicted molar refractivity (Wildman–Crippen MR) is 163 cm³/mol. The van der Waals surface area contributed by atoms with Crippen molar-refractivity contribution < 1.29 is 29.4 Å². The largest absolute Gasteiger partial charge is 0.508 e. The molecule has 10 heteroatoms. The monoisotopic (exact) mass is 588 g/mol. The fraction of sp³-hybridized carbons (Fsp3) is 0.333. The van der Waals surface area contributed by atoms with Crippen LogP contribution < -0.4 is 21.7 Å². The molecule has 10 nitrogen and oxygen atoms in total. The average molecular weight is 589 g/mol. The highest BCUT2D eigenvalue weighted by Crippen LogP contribution is 2.13. The Morgan fingerprint density at radius 3 is 1.49 bits per heavy atom. The average Bonchev–Trinajstić information content (AvgIpc) is 3.01. The van der Waals surface area contributed by atoms with Crippen molar-refractivity contribution in [1.82, 2.24) is 16.0 Å².